The van der Waals surface area contributed by atoms with Gasteiger partial charge >= 0.3 is 0 Å². The van der Waals surface area contributed by atoms with Crippen LogP contribution in [0.15, 0.2) is 6.20 Å². The van der Waals surface area contributed by atoms with Crippen LogP contribution in [0.2, 0.25) is 0 Å². The van der Waals surface area contributed by atoms with E-state index in [1.807, 2.05) is 0 Å². The molecule has 0 aliphatic carbocycles. The van der Waals surface area contributed by atoms with E-state index in [0.29, 0.717) is 18.0 Å². The molecule has 1 fully saturated rings. The summed E-state index contributed by atoms with van der Waals surface area (Å²) in [5.41, 5.74) is 0. The Balaban J connectivity index is 2.03. The molecule has 0 aromatic carbocycles. The van der Waals surface area contributed by atoms with E-state index in [-0.39, 0.29) is 12.0 Å². The fraction of sp³-hybridized carbons (Fsp3) is 0.500. The van der Waals surface area contributed by atoms with E-state index in [2.05, 4.69) is 9.59 Å². The van der Waals surface area contributed by atoms with Crippen LogP contribution < -0.4 is 0 Å². The van der Waals surface area contributed by atoms with Gasteiger partial charge in [-0.1, -0.05) is 4.49 Å². The first-order valence-electron chi connectivity index (χ1n) is 3.52. The zero-order valence-electron chi connectivity index (χ0n) is 6.17. The van der Waals surface area contributed by atoms with Crippen LogP contribution in [0.25, 0.3) is 0 Å². The fourth-order valence-corrected chi connectivity index (χ4v) is 1.52. The van der Waals surface area contributed by atoms with Gasteiger partial charge in [-0.05, 0) is 11.5 Å². The second-order valence-electron chi connectivity index (χ2n) is 2.65. The number of aliphatic hydroxyl groups excluding tert-OH is 1. The molecule has 1 saturated heterocycles. The van der Waals surface area contributed by atoms with E-state index in [1.54, 1.807) is 4.90 Å². The van der Waals surface area contributed by atoms with E-state index in [0.717, 1.165) is 11.5 Å². The van der Waals surface area contributed by atoms with Crippen molar-refractivity contribution in [2.75, 3.05) is 13.1 Å². The van der Waals surface area contributed by atoms with Gasteiger partial charge in [-0.3, -0.25) is 4.79 Å². The van der Waals surface area contributed by atoms with Crippen molar-refractivity contribution in [2.24, 2.45) is 0 Å². The van der Waals surface area contributed by atoms with Gasteiger partial charge < -0.3 is 10.0 Å². The molecule has 12 heavy (non-hydrogen) atoms. The van der Waals surface area contributed by atoms with E-state index in [4.69, 9.17) is 5.11 Å². The van der Waals surface area contributed by atoms with Gasteiger partial charge in [0.25, 0.3) is 5.91 Å². The maximum absolute atomic E-state index is 11.4. The first kappa shape index (κ1) is 7.63. The molecule has 1 amide bonds. The SMILES string of the molecule is O=C(c1cnns1)N1CC(O)C1. The van der Waals surface area contributed by atoms with Crippen LogP contribution in [-0.2, 0) is 0 Å². The number of rotatable bonds is 1. The highest BCUT2D eigenvalue weighted by molar-refractivity contribution is 7.07. The van der Waals surface area contributed by atoms with Crippen molar-refractivity contribution in [3.63, 3.8) is 0 Å². The monoisotopic (exact) mass is 185 g/mol. The Kier molecular flexibility index (Phi) is 1.78. The van der Waals surface area contributed by atoms with Crippen molar-refractivity contribution in [2.45, 2.75) is 6.10 Å². The van der Waals surface area contributed by atoms with Crippen LogP contribution in [0, 0.1) is 0 Å². The minimum atomic E-state index is -0.352. The zero-order valence-corrected chi connectivity index (χ0v) is 6.99. The Labute approximate surface area is 72.8 Å². The minimum absolute atomic E-state index is 0.0877. The smallest absolute Gasteiger partial charge is 0.267 e. The molecule has 0 atom stereocenters. The molecule has 0 saturated carbocycles. The Morgan fingerprint density at radius 3 is 3.00 bits per heavy atom. The highest BCUT2D eigenvalue weighted by Crippen LogP contribution is 2.13. The lowest BCUT2D eigenvalue weighted by Crippen LogP contribution is -2.53. The summed E-state index contributed by atoms with van der Waals surface area (Å²) in [7, 11) is 0. The van der Waals surface area contributed by atoms with Gasteiger partial charge in [0.2, 0.25) is 0 Å². The molecule has 2 heterocycles. The third kappa shape index (κ3) is 1.19. The normalized spacial score (nSPS) is 17.6. The topological polar surface area (TPSA) is 66.3 Å². The van der Waals surface area contributed by atoms with Crippen LogP contribution in [0.4, 0.5) is 0 Å². The van der Waals surface area contributed by atoms with Gasteiger partial charge in [0.05, 0.1) is 12.3 Å². The molecule has 1 N–H and O–H groups in total. The Morgan fingerprint density at radius 1 is 1.75 bits per heavy atom. The first-order valence-corrected chi connectivity index (χ1v) is 4.29. The average Bonchev–Trinajstić information content (AvgIpc) is 2.49. The van der Waals surface area contributed by atoms with Crippen molar-refractivity contribution < 1.29 is 9.90 Å². The summed E-state index contributed by atoms with van der Waals surface area (Å²) < 4.78 is 3.58. The fourth-order valence-electron chi connectivity index (χ4n) is 1.04. The van der Waals surface area contributed by atoms with Gasteiger partial charge in [-0.2, -0.15) is 0 Å². The predicted octanol–water partition coefficient (Wildman–Crippen LogP) is -0.645. The summed E-state index contributed by atoms with van der Waals surface area (Å²) in [5, 5.41) is 12.5. The molecule has 1 aliphatic heterocycles. The number of aliphatic hydroxyl groups is 1. The highest BCUT2D eigenvalue weighted by atomic mass is 32.1. The van der Waals surface area contributed by atoms with Crippen molar-refractivity contribution in [1.82, 2.24) is 14.5 Å². The molecular weight excluding hydrogens is 178 g/mol. The summed E-state index contributed by atoms with van der Waals surface area (Å²) in [6.45, 7) is 0.855. The lowest BCUT2D eigenvalue weighted by atomic mass is 10.1. The first-order chi connectivity index (χ1) is 5.77. The van der Waals surface area contributed by atoms with Crippen LogP contribution in [0.1, 0.15) is 9.67 Å². The average molecular weight is 185 g/mol. The number of carbonyl (C=O) groups is 1. The summed E-state index contributed by atoms with van der Waals surface area (Å²) in [6, 6.07) is 0. The number of hydrogen-bond donors (Lipinski definition) is 1. The van der Waals surface area contributed by atoms with Crippen LogP contribution in [0.3, 0.4) is 0 Å². The van der Waals surface area contributed by atoms with Crippen LogP contribution in [0.5, 0.6) is 0 Å². The summed E-state index contributed by atoms with van der Waals surface area (Å²) in [6.07, 6.45) is 1.09. The number of likely N-dealkylation sites (tertiary alicyclic amines) is 1. The molecule has 0 bridgehead atoms. The van der Waals surface area contributed by atoms with Gasteiger partial charge in [-0.15, -0.1) is 5.10 Å². The van der Waals surface area contributed by atoms with Gasteiger partial charge in [0.15, 0.2) is 0 Å². The van der Waals surface area contributed by atoms with Crippen molar-refractivity contribution in [3.05, 3.63) is 11.1 Å². The molecule has 0 radical (unpaired) electrons. The van der Waals surface area contributed by atoms with Crippen molar-refractivity contribution in [3.8, 4) is 0 Å². The standard InChI is InChI=1S/C6H7N3O2S/c10-4-2-9(3-4)6(11)5-1-7-8-12-5/h1,4,10H,2-3H2. The summed E-state index contributed by atoms with van der Waals surface area (Å²) in [4.78, 5) is 13.5. The molecule has 1 aliphatic rings. The van der Waals surface area contributed by atoms with E-state index in [1.165, 1.54) is 6.20 Å². The quantitative estimate of drug-likeness (QED) is 0.631. The number of β-amino-alcohol motifs (C(OH)–C–C–N with tert-alkyl or cyclic N) is 1. The number of amides is 1. The number of nitrogens with zero attached hydrogens (tertiary/aromatic N) is 3. The van der Waals surface area contributed by atoms with E-state index in [9.17, 15) is 4.79 Å². The highest BCUT2D eigenvalue weighted by Gasteiger charge is 2.30. The van der Waals surface area contributed by atoms with Gasteiger partial charge in [0.1, 0.15) is 4.88 Å². The Hall–Kier alpha value is -1.01. The third-order valence-corrected chi connectivity index (χ3v) is 2.37. The number of carbonyl (C=O) groups excluding carboxylic acids is 1. The van der Waals surface area contributed by atoms with Crippen LogP contribution >= 0.6 is 11.5 Å². The molecule has 1 aromatic heterocycles. The van der Waals surface area contributed by atoms with Crippen molar-refractivity contribution >= 4 is 17.4 Å². The zero-order chi connectivity index (χ0) is 8.55. The Bertz CT molecular complexity index is 281. The van der Waals surface area contributed by atoms with Crippen molar-refractivity contribution in [1.29, 1.82) is 0 Å². The second kappa shape index (κ2) is 2.80. The largest absolute Gasteiger partial charge is 0.389 e. The number of aromatic nitrogens is 2. The summed E-state index contributed by atoms with van der Waals surface area (Å²) in [5.74, 6) is -0.0877. The second-order valence-corrected chi connectivity index (χ2v) is 3.43. The van der Waals surface area contributed by atoms with Crippen LogP contribution in [-0.4, -0.2) is 44.7 Å². The Morgan fingerprint density at radius 2 is 2.50 bits per heavy atom. The van der Waals surface area contributed by atoms with E-state index < -0.39 is 0 Å². The lowest BCUT2D eigenvalue weighted by molar-refractivity contribution is 0.00621. The molecule has 6 heteroatoms. The molecule has 1 aromatic rings. The van der Waals surface area contributed by atoms with Gasteiger partial charge in [0, 0.05) is 13.1 Å². The third-order valence-electron chi connectivity index (χ3n) is 1.72. The molecule has 2 rings (SSSR count). The molecule has 0 spiro atoms. The molecule has 0 unspecified atom stereocenters. The van der Waals surface area contributed by atoms with Gasteiger partial charge in [-0.25, -0.2) is 0 Å². The maximum Gasteiger partial charge on any atom is 0.267 e. The number of hydrogen-bond acceptors (Lipinski definition) is 5. The molecule has 64 valence electrons. The predicted molar refractivity (Wildman–Crippen MR) is 41.8 cm³/mol. The van der Waals surface area contributed by atoms with E-state index >= 15 is 0 Å². The molecular formula is C6H7N3O2S. The minimum Gasteiger partial charge on any atom is -0.389 e. The molecule has 5 nitrogen and oxygen atoms in total. The lowest BCUT2D eigenvalue weighted by Gasteiger charge is -2.35. The summed E-state index contributed by atoms with van der Waals surface area (Å²) >= 11 is 1.08. The maximum atomic E-state index is 11.4.